The summed E-state index contributed by atoms with van der Waals surface area (Å²) in [5.41, 5.74) is 3.62. The average Bonchev–Trinajstić information content (AvgIpc) is 2.51. The van der Waals surface area contributed by atoms with Crippen molar-refractivity contribution in [3.8, 4) is 0 Å². The van der Waals surface area contributed by atoms with E-state index < -0.39 is 10.0 Å². The first-order chi connectivity index (χ1) is 10.9. The predicted octanol–water partition coefficient (Wildman–Crippen LogP) is 2.94. The van der Waals surface area contributed by atoms with Crippen LogP contribution in [-0.4, -0.2) is 27.8 Å². The highest BCUT2D eigenvalue weighted by Crippen LogP contribution is 2.18. The summed E-state index contributed by atoms with van der Waals surface area (Å²) in [6, 6.07) is 18.7. The van der Waals surface area contributed by atoms with Gasteiger partial charge in [0.2, 0.25) is 10.0 Å². The minimum Gasteiger partial charge on any atom is -0.367 e. The molecule has 0 aliphatic heterocycles. The van der Waals surface area contributed by atoms with Crippen molar-refractivity contribution in [3.05, 3.63) is 65.7 Å². The maximum atomic E-state index is 11.1. The molecule has 5 heteroatoms. The molecule has 2 aromatic carbocycles. The lowest BCUT2D eigenvalue weighted by Gasteiger charge is -2.25. The van der Waals surface area contributed by atoms with E-state index in [1.165, 1.54) is 17.4 Å². The van der Waals surface area contributed by atoms with Crippen molar-refractivity contribution < 1.29 is 8.42 Å². The van der Waals surface area contributed by atoms with Gasteiger partial charge in [-0.2, -0.15) is 0 Å². The number of aryl methyl sites for hydroxylation is 1. The third-order valence-electron chi connectivity index (χ3n) is 3.58. The predicted molar refractivity (Wildman–Crippen MR) is 96.1 cm³/mol. The van der Waals surface area contributed by atoms with Crippen LogP contribution >= 0.6 is 0 Å². The highest BCUT2D eigenvalue weighted by Gasteiger charge is 2.08. The first-order valence-corrected chi connectivity index (χ1v) is 9.63. The van der Waals surface area contributed by atoms with E-state index in [4.69, 9.17) is 0 Å². The fourth-order valence-electron chi connectivity index (χ4n) is 2.39. The summed E-state index contributed by atoms with van der Waals surface area (Å²) in [6.07, 6.45) is 1.95. The lowest BCUT2D eigenvalue weighted by molar-refractivity contribution is 0.584. The van der Waals surface area contributed by atoms with Gasteiger partial charge in [0.15, 0.2) is 0 Å². The Morgan fingerprint density at radius 2 is 1.65 bits per heavy atom. The summed E-state index contributed by atoms with van der Waals surface area (Å²) >= 11 is 0. The van der Waals surface area contributed by atoms with Gasteiger partial charge in [-0.05, 0) is 31.0 Å². The van der Waals surface area contributed by atoms with Crippen LogP contribution < -0.4 is 9.62 Å². The summed E-state index contributed by atoms with van der Waals surface area (Å²) in [5.74, 6) is 0. The van der Waals surface area contributed by atoms with Crippen LogP contribution in [0.5, 0.6) is 0 Å². The Morgan fingerprint density at radius 1 is 1.00 bits per heavy atom. The summed E-state index contributed by atoms with van der Waals surface area (Å²) in [5, 5.41) is 0. The second-order valence-corrected chi connectivity index (χ2v) is 7.60. The number of benzene rings is 2. The van der Waals surface area contributed by atoms with Crippen LogP contribution in [0, 0.1) is 6.92 Å². The van der Waals surface area contributed by atoms with Gasteiger partial charge >= 0.3 is 0 Å². The van der Waals surface area contributed by atoms with E-state index in [9.17, 15) is 8.42 Å². The molecule has 0 bridgehead atoms. The lowest BCUT2D eigenvalue weighted by Crippen LogP contribution is -2.29. The minimum atomic E-state index is -3.12. The van der Waals surface area contributed by atoms with E-state index in [-0.39, 0.29) is 0 Å². The molecule has 0 spiro atoms. The molecule has 23 heavy (non-hydrogen) atoms. The second-order valence-electron chi connectivity index (χ2n) is 5.76. The first-order valence-electron chi connectivity index (χ1n) is 7.74. The number of hydrogen-bond donors (Lipinski definition) is 1. The van der Waals surface area contributed by atoms with Gasteiger partial charge in [-0.1, -0.05) is 48.0 Å². The maximum Gasteiger partial charge on any atom is 0.208 e. The van der Waals surface area contributed by atoms with Gasteiger partial charge in [-0.25, -0.2) is 13.1 Å². The van der Waals surface area contributed by atoms with Crippen LogP contribution in [0.1, 0.15) is 17.5 Å². The van der Waals surface area contributed by atoms with Crippen molar-refractivity contribution in [3.63, 3.8) is 0 Å². The van der Waals surface area contributed by atoms with Crippen LogP contribution in [0.25, 0.3) is 0 Å². The largest absolute Gasteiger partial charge is 0.367 e. The molecule has 0 heterocycles. The first kappa shape index (κ1) is 17.5. The molecule has 0 aliphatic carbocycles. The minimum absolute atomic E-state index is 0.454. The highest BCUT2D eigenvalue weighted by molar-refractivity contribution is 7.88. The Kier molecular flexibility index (Phi) is 6.19. The molecule has 124 valence electrons. The molecule has 0 aromatic heterocycles. The third-order valence-corrected chi connectivity index (χ3v) is 4.31. The van der Waals surface area contributed by atoms with Gasteiger partial charge in [0.05, 0.1) is 6.26 Å². The van der Waals surface area contributed by atoms with E-state index >= 15 is 0 Å². The smallest absolute Gasteiger partial charge is 0.208 e. The quantitative estimate of drug-likeness (QED) is 0.756. The van der Waals surface area contributed by atoms with Gasteiger partial charge in [-0.3, -0.25) is 0 Å². The molecule has 4 nitrogen and oxygen atoms in total. The van der Waals surface area contributed by atoms with E-state index in [0.29, 0.717) is 6.54 Å². The SMILES string of the molecule is Cc1ccc(N(CCCNS(C)(=O)=O)Cc2ccccc2)cc1. The normalized spacial score (nSPS) is 11.4. The van der Waals surface area contributed by atoms with Crippen molar-refractivity contribution in [2.24, 2.45) is 0 Å². The van der Waals surface area contributed by atoms with Crippen molar-refractivity contribution in [1.29, 1.82) is 0 Å². The van der Waals surface area contributed by atoms with Crippen LogP contribution in [-0.2, 0) is 16.6 Å². The molecule has 2 rings (SSSR count). The van der Waals surface area contributed by atoms with Gasteiger partial charge in [0.25, 0.3) is 0 Å². The fraction of sp³-hybridized carbons (Fsp3) is 0.333. The zero-order chi connectivity index (χ0) is 16.7. The molecule has 0 fully saturated rings. The summed E-state index contributed by atoms with van der Waals surface area (Å²) in [7, 11) is -3.12. The molecule has 0 saturated heterocycles. The van der Waals surface area contributed by atoms with E-state index in [0.717, 1.165) is 25.2 Å². The van der Waals surface area contributed by atoms with Crippen molar-refractivity contribution >= 4 is 15.7 Å². The molecule has 0 saturated carbocycles. The Morgan fingerprint density at radius 3 is 2.26 bits per heavy atom. The second kappa shape index (κ2) is 8.13. The standard InChI is InChI=1S/C18H24N2O2S/c1-16-9-11-18(12-10-16)20(14-6-13-19-23(2,21)22)15-17-7-4-3-5-8-17/h3-5,7-12,19H,6,13-15H2,1-2H3. The number of nitrogens with zero attached hydrogens (tertiary/aromatic N) is 1. The average molecular weight is 332 g/mol. The summed E-state index contributed by atoms with van der Waals surface area (Å²) in [4.78, 5) is 2.28. The molecule has 2 aromatic rings. The highest BCUT2D eigenvalue weighted by atomic mass is 32.2. The van der Waals surface area contributed by atoms with Crippen LogP contribution in [0.3, 0.4) is 0 Å². The van der Waals surface area contributed by atoms with Crippen LogP contribution in [0.15, 0.2) is 54.6 Å². The van der Waals surface area contributed by atoms with E-state index in [2.05, 4.69) is 52.9 Å². The zero-order valence-electron chi connectivity index (χ0n) is 13.7. The Labute approximate surface area is 139 Å². The molecular formula is C18H24N2O2S. The summed E-state index contributed by atoms with van der Waals surface area (Å²) in [6.45, 7) is 4.13. The zero-order valence-corrected chi connectivity index (χ0v) is 14.5. The molecule has 0 amide bonds. The van der Waals surface area contributed by atoms with Crippen LogP contribution in [0.2, 0.25) is 0 Å². The monoisotopic (exact) mass is 332 g/mol. The topological polar surface area (TPSA) is 49.4 Å². The number of hydrogen-bond acceptors (Lipinski definition) is 3. The van der Waals surface area contributed by atoms with Crippen molar-refractivity contribution in [1.82, 2.24) is 4.72 Å². The van der Waals surface area contributed by atoms with Gasteiger partial charge in [0, 0.05) is 25.3 Å². The molecule has 0 radical (unpaired) electrons. The number of rotatable bonds is 8. The molecule has 0 unspecified atom stereocenters. The van der Waals surface area contributed by atoms with Crippen molar-refractivity contribution in [2.45, 2.75) is 19.9 Å². The van der Waals surface area contributed by atoms with Gasteiger partial charge in [-0.15, -0.1) is 0 Å². The van der Waals surface area contributed by atoms with Crippen LogP contribution in [0.4, 0.5) is 5.69 Å². The van der Waals surface area contributed by atoms with Crippen molar-refractivity contribution in [2.75, 3.05) is 24.2 Å². The molecular weight excluding hydrogens is 308 g/mol. The maximum absolute atomic E-state index is 11.1. The van der Waals surface area contributed by atoms with E-state index in [1.54, 1.807) is 0 Å². The fourth-order valence-corrected chi connectivity index (χ4v) is 2.90. The molecule has 1 N–H and O–H groups in total. The number of nitrogens with one attached hydrogen (secondary N) is 1. The lowest BCUT2D eigenvalue weighted by atomic mass is 10.1. The number of anilines is 1. The summed E-state index contributed by atoms with van der Waals surface area (Å²) < 4.78 is 24.8. The Bertz CT molecular complexity index is 698. The molecule has 0 aliphatic rings. The number of sulfonamides is 1. The Hall–Kier alpha value is -1.85. The van der Waals surface area contributed by atoms with E-state index in [1.807, 2.05) is 18.2 Å². The molecule has 0 atom stereocenters. The van der Waals surface area contributed by atoms with Gasteiger partial charge < -0.3 is 4.90 Å². The Balaban J connectivity index is 2.03. The van der Waals surface area contributed by atoms with Gasteiger partial charge in [0.1, 0.15) is 0 Å². The third kappa shape index (κ3) is 6.42.